The van der Waals surface area contributed by atoms with Crippen LogP contribution in [0.25, 0.3) is 21.9 Å². The molecule has 3 aromatic carbocycles. The van der Waals surface area contributed by atoms with E-state index in [0.29, 0.717) is 53.1 Å². The highest BCUT2D eigenvalue weighted by Gasteiger charge is 2.18. The Hall–Kier alpha value is -4.33. The van der Waals surface area contributed by atoms with Crippen LogP contribution >= 0.6 is 0 Å². The Kier molecular flexibility index (Phi) is 6.10. The number of aromatic amines is 1. The minimum atomic E-state index is -0.341. The molecule has 1 aliphatic heterocycles. The van der Waals surface area contributed by atoms with E-state index in [2.05, 4.69) is 25.8 Å². The van der Waals surface area contributed by atoms with Crippen LogP contribution in [-0.2, 0) is 12.8 Å². The number of fused-ring (bicyclic) bond motifs is 2. The van der Waals surface area contributed by atoms with Crippen molar-refractivity contribution in [3.05, 3.63) is 93.7 Å². The predicted octanol–water partition coefficient (Wildman–Crippen LogP) is 4.62. The quantitative estimate of drug-likeness (QED) is 0.398. The Bertz CT molecular complexity index is 1530. The lowest BCUT2D eigenvalue weighted by molar-refractivity contribution is 0.245. The number of carbonyl (C=O) groups is 1. The van der Waals surface area contributed by atoms with Crippen LogP contribution in [0, 0.1) is 5.82 Å². The molecule has 1 aromatic heterocycles. The Morgan fingerprint density at radius 3 is 2.74 bits per heavy atom. The van der Waals surface area contributed by atoms with E-state index >= 15 is 0 Å². The van der Waals surface area contributed by atoms with Gasteiger partial charge in [-0.05, 0) is 47.4 Å². The number of urea groups is 1. The molecule has 2 amide bonds. The van der Waals surface area contributed by atoms with Crippen molar-refractivity contribution in [1.29, 1.82) is 0 Å². The second-order valence-corrected chi connectivity index (χ2v) is 8.50. The van der Waals surface area contributed by atoms with Crippen LogP contribution in [0.4, 0.5) is 14.9 Å². The molecule has 2 heterocycles. The van der Waals surface area contributed by atoms with Gasteiger partial charge in [-0.1, -0.05) is 43.3 Å². The van der Waals surface area contributed by atoms with Crippen LogP contribution < -0.4 is 16.2 Å². The van der Waals surface area contributed by atoms with Crippen molar-refractivity contribution >= 4 is 28.3 Å². The average molecular weight is 470 g/mol. The summed E-state index contributed by atoms with van der Waals surface area (Å²) in [7, 11) is 0. The van der Waals surface area contributed by atoms with Gasteiger partial charge in [0.2, 0.25) is 0 Å². The minimum Gasteiger partial charge on any atom is -0.338 e. The normalized spacial score (nSPS) is 12.3. The standard InChI is InChI=1S/C27H24FN5O2/c1-2-11-29-27(35)31-25-15-18-9-8-17(14-23(18)30-25)21-12-16(7-10-22(21)28)13-24-19-5-3-4-6-20(19)26(34)33-32-24/h3-10,12,14H,2,11,13,15H2,1H3,(H,33,34)(H2,29,30,31,35). The number of nitrogens with zero attached hydrogens (tertiary/aromatic N) is 2. The molecule has 0 fully saturated rings. The van der Waals surface area contributed by atoms with Gasteiger partial charge in [0.1, 0.15) is 11.7 Å². The maximum Gasteiger partial charge on any atom is 0.320 e. The third-order valence-electron chi connectivity index (χ3n) is 5.98. The monoisotopic (exact) mass is 469 g/mol. The molecule has 0 spiro atoms. The van der Waals surface area contributed by atoms with Gasteiger partial charge in [-0.2, -0.15) is 5.10 Å². The van der Waals surface area contributed by atoms with Crippen LogP contribution in [0.2, 0.25) is 0 Å². The first-order valence-electron chi connectivity index (χ1n) is 11.5. The lowest BCUT2D eigenvalue weighted by Gasteiger charge is -2.09. The predicted molar refractivity (Wildman–Crippen MR) is 135 cm³/mol. The summed E-state index contributed by atoms with van der Waals surface area (Å²) in [4.78, 5) is 28.6. The van der Waals surface area contributed by atoms with Crippen molar-refractivity contribution in [1.82, 2.24) is 20.8 Å². The topological polar surface area (TPSA) is 99.2 Å². The van der Waals surface area contributed by atoms with Crippen LogP contribution in [0.5, 0.6) is 0 Å². The fourth-order valence-electron chi connectivity index (χ4n) is 4.24. The summed E-state index contributed by atoms with van der Waals surface area (Å²) in [5.74, 6) is 0.225. The van der Waals surface area contributed by atoms with Gasteiger partial charge in [0, 0.05) is 30.3 Å². The molecule has 0 aliphatic carbocycles. The third kappa shape index (κ3) is 4.68. The van der Waals surface area contributed by atoms with Crippen molar-refractivity contribution in [2.24, 2.45) is 4.99 Å². The zero-order chi connectivity index (χ0) is 24.4. The number of hydrogen-bond acceptors (Lipinski definition) is 4. The van der Waals surface area contributed by atoms with Crippen LogP contribution in [-0.4, -0.2) is 28.6 Å². The zero-order valence-electron chi connectivity index (χ0n) is 19.2. The van der Waals surface area contributed by atoms with Crippen molar-refractivity contribution in [3.63, 3.8) is 0 Å². The highest BCUT2D eigenvalue weighted by atomic mass is 19.1. The Morgan fingerprint density at radius 2 is 1.91 bits per heavy atom. The molecule has 0 radical (unpaired) electrons. The molecule has 0 saturated heterocycles. The number of H-pyrrole nitrogens is 1. The number of amidine groups is 1. The molecule has 0 atom stereocenters. The molecule has 8 heteroatoms. The van der Waals surface area contributed by atoms with Crippen molar-refractivity contribution < 1.29 is 9.18 Å². The average Bonchev–Trinajstić information content (AvgIpc) is 3.27. The first kappa shape index (κ1) is 22.5. The number of halogens is 1. The molecular formula is C27H24FN5O2. The smallest absolute Gasteiger partial charge is 0.320 e. The Morgan fingerprint density at radius 1 is 1.09 bits per heavy atom. The van der Waals surface area contributed by atoms with Gasteiger partial charge in [-0.25, -0.2) is 19.3 Å². The summed E-state index contributed by atoms with van der Waals surface area (Å²) in [6.45, 7) is 2.58. The third-order valence-corrected chi connectivity index (χ3v) is 5.98. The van der Waals surface area contributed by atoms with Crippen molar-refractivity contribution in [2.75, 3.05) is 6.54 Å². The number of aliphatic imine (C=N–C) groups is 1. The van der Waals surface area contributed by atoms with Crippen molar-refractivity contribution in [2.45, 2.75) is 26.2 Å². The fourth-order valence-corrected chi connectivity index (χ4v) is 4.24. The number of benzene rings is 3. The van der Waals surface area contributed by atoms with E-state index in [1.54, 1.807) is 18.2 Å². The van der Waals surface area contributed by atoms with Crippen LogP contribution in [0.3, 0.4) is 0 Å². The second-order valence-electron chi connectivity index (χ2n) is 8.50. The summed E-state index contributed by atoms with van der Waals surface area (Å²) in [6.07, 6.45) is 1.81. The largest absolute Gasteiger partial charge is 0.338 e. The lowest BCUT2D eigenvalue weighted by Crippen LogP contribution is -2.39. The van der Waals surface area contributed by atoms with Gasteiger partial charge >= 0.3 is 6.03 Å². The van der Waals surface area contributed by atoms with E-state index < -0.39 is 0 Å². The summed E-state index contributed by atoms with van der Waals surface area (Å²) >= 11 is 0. The maximum absolute atomic E-state index is 14.9. The minimum absolute atomic E-state index is 0.237. The molecule has 0 saturated carbocycles. The van der Waals surface area contributed by atoms with Crippen molar-refractivity contribution in [3.8, 4) is 11.1 Å². The number of aromatic nitrogens is 2. The van der Waals surface area contributed by atoms with Gasteiger partial charge < -0.3 is 5.32 Å². The number of carbonyl (C=O) groups excluding carboxylic acids is 1. The molecule has 0 unspecified atom stereocenters. The van der Waals surface area contributed by atoms with Gasteiger partial charge in [-0.3, -0.25) is 10.1 Å². The summed E-state index contributed by atoms with van der Waals surface area (Å²) < 4.78 is 14.9. The first-order chi connectivity index (χ1) is 17.0. The molecule has 4 aromatic rings. The number of rotatable bonds is 5. The molecule has 5 rings (SSSR count). The van der Waals surface area contributed by atoms with E-state index in [9.17, 15) is 14.0 Å². The first-order valence-corrected chi connectivity index (χ1v) is 11.5. The summed E-state index contributed by atoms with van der Waals surface area (Å²) in [5.41, 5.74) is 4.18. The molecule has 7 nitrogen and oxygen atoms in total. The van der Waals surface area contributed by atoms with E-state index in [-0.39, 0.29) is 17.4 Å². The molecule has 3 N–H and O–H groups in total. The number of hydrogen-bond donors (Lipinski definition) is 3. The molecule has 1 aliphatic rings. The van der Waals surface area contributed by atoms with Gasteiger partial charge in [0.15, 0.2) is 0 Å². The maximum atomic E-state index is 14.9. The second kappa shape index (κ2) is 9.50. The number of amides is 2. The van der Waals surface area contributed by atoms with Gasteiger partial charge in [0.05, 0.1) is 16.8 Å². The molecule has 0 bridgehead atoms. The Labute approximate surface area is 201 Å². The van der Waals surface area contributed by atoms with E-state index in [1.165, 1.54) is 6.07 Å². The zero-order valence-corrected chi connectivity index (χ0v) is 19.2. The van der Waals surface area contributed by atoms with Crippen LogP contribution in [0.15, 0.2) is 70.5 Å². The molecular weight excluding hydrogens is 445 g/mol. The summed E-state index contributed by atoms with van der Waals surface area (Å²) in [5, 5.41) is 13.7. The number of nitrogens with one attached hydrogen (secondary N) is 3. The Balaban J connectivity index is 1.42. The fraction of sp³-hybridized carbons (Fsp3) is 0.185. The molecule has 176 valence electrons. The SMILES string of the molecule is CCCNC(=O)NC1=Nc2cc(-c3cc(Cc4n[nH]c(=O)c5ccccc45)ccc3F)ccc2C1. The van der Waals surface area contributed by atoms with E-state index in [4.69, 9.17) is 0 Å². The van der Waals surface area contributed by atoms with Crippen LogP contribution in [0.1, 0.15) is 30.2 Å². The highest BCUT2D eigenvalue weighted by molar-refractivity contribution is 6.02. The highest BCUT2D eigenvalue weighted by Crippen LogP contribution is 2.33. The molecule has 35 heavy (non-hydrogen) atoms. The van der Waals surface area contributed by atoms with E-state index in [1.807, 2.05) is 43.3 Å². The lowest BCUT2D eigenvalue weighted by atomic mass is 9.97. The van der Waals surface area contributed by atoms with Gasteiger partial charge in [-0.15, -0.1) is 0 Å². The van der Waals surface area contributed by atoms with Gasteiger partial charge in [0.25, 0.3) is 5.56 Å². The summed E-state index contributed by atoms with van der Waals surface area (Å²) in [6, 6.07) is 17.6. The van der Waals surface area contributed by atoms with E-state index in [0.717, 1.165) is 22.9 Å².